The van der Waals surface area contributed by atoms with Gasteiger partial charge in [0.2, 0.25) is 10.0 Å². The molecule has 1 aromatic rings. The Morgan fingerprint density at radius 3 is 2.75 bits per heavy atom. The highest BCUT2D eigenvalue weighted by molar-refractivity contribution is 7.92. The summed E-state index contributed by atoms with van der Waals surface area (Å²) in [4.78, 5) is 0. The molecule has 0 amide bonds. The predicted molar refractivity (Wildman–Crippen MR) is 57.4 cm³/mol. The third-order valence-electron chi connectivity index (χ3n) is 1.78. The van der Waals surface area contributed by atoms with E-state index in [1.54, 1.807) is 0 Å². The summed E-state index contributed by atoms with van der Waals surface area (Å²) in [7, 11) is -2.17. The second kappa shape index (κ2) is 5.13. The molecule has 0 saturated carbocycles. The molecule has 0 heterocycles. The van der Waals surface area contributed by atoms with Gasteiger partial charge >= 0.3 is 0 Å². The number of phenols is 1. The molecule has 0 aliphatic rings. The number of ether oxygens (including phenoxy) is 1. The summed E-state index contributed by atoms with van der Waals surface area (Å²) in [5, 5.41) is 8.91. The quantitative estimate of drug-likeness (QED) is 0.761. The summed E-state index contributed by atoms with van der Waals surface area (Å²) < 4.78 is 42.4. The van der Waals surface area contributed by atoms with E-state index in [9.17, 15) is 12.8 Å². The zero-order valence-corrected chi connectivity index (χ0v) is 9.42. The second-order valence-corrected chi connectivity index (χ2v) is 4.92. The van der Waals surface area contributed by atoms with E-state index in [1.807, 2.05) is 0 Å². The van der Waals surface area contributed by atoms with Gasteiger partial charge in [0.25, 0.3) is 0 Å². The van der Waals surface area contributed by atoms with Crippen molar-refractivity contribution < 1.29 is 22.7 Å². The van der Waals surface area contributed by atoms with Gasteiger partial charge in [0.1, 0.15) is 0 Å². The number of methoxy groups -OCH3 is 1. The van der Waals surface area contributed by atoms with Gasteiger partial charge in [-0.1, -0.05) is 0 Å². The fourth-order valence-electron chi connectivity index (χ4n) is 0.994. The predicted octanol–water partition coefficient (Wildman–Crippen LogP) is 0.919. The Balaban J connectivity index is 2.76. The maximum absolute atomic E-state index is 12.9. The number of benzene rings is 1. The maximum atomic E-state index is 12.9. The lowest BCUT2D eigenvalue weighted by Gasteiger charge is -2.07. The average Bonchev–Trinajstić information content (AvgIpc) is 2.20. The molecule has 5 nitrogen and oxygen atoms in total. The summed E-state index contributed by atoms with van der Waals surface area (Å²) in [6.45, 7) is 0.0515. The van der Waals surface area contributed by atoms with Crippen LogP contribution in [0.1, 0.15) is 0 Å². The SMILES string of the molecule is COCCS(=O)(=O)Nc1ccc(O)c(F)c1. The number of halogens is 1. The van der Waals surface area contributed by atoms with Gasteiger partial charge in [0.05, 0.1) is 18.0 Å². The summed E-state index contributed by atoms with van der Waals surface area (Å²) in [5.74, 6) is -1.63. The number of phenolic OH excluding ortho intramolecular Hbond substituents is 1. The molecule has 90 valence electrons. The zero-order valence-electron chi connectivity index (χ0n) is 8.60. The van der Waals surface area contributed by atoms with Crippen LogP contribution in [0.5, 0.6) is 5.75 Å². The lowest BCUT2D eigenvalue weighted by molar-refractivity contribution is 0.217. The van der Waals surface area contributed by atoms with Crippen LogP contribution in [0.25, 0.3) is 0 Å². The number of hydrogen-bond donors (Lipinski definition) is 2. The lowest BCUT2D eigenvalue weighted by Crippen LogP contribution is -2.19. The number of rotatable bonds is 5. The second-order valence-electron chi connectivity index (χ2n) is 3.08. The van der Waals surface area contributed by atoms with Gasteiger partial charge in [0, 0.05) is 13.2 Å². The Morgan fingerprint density at radius 1 is 1.50 bits per heavy atom. The van der Waals surface area contributed by atoms with Crippen molar-refractivity contribution in [2.24, 2.45) is 0 Å². The van der Waals surface area contributed by atoms with E-state index in [2.05, 4.69) is 9.46 Å². The van der Waals surface area contributed by atoms with Gasteiger partial charge in [-0.2, -0.15) is 0 Å². The number of nitrogens with one attached hydrogen (secondary N) is 1. The Labute approximate surface area is 92.9 Å². The highest BCUT2D eigenvalue weighted by Crippen LogP contribution is 2.20. The van der Waals surface area contributed by atoms with Crippen molar-refractivity contribution in [3.8, 4) is 5.75 Å². The highest BCUT2D eigenvalue weighted by atomic mass is 32.2. The Morgan fingerprint density at radius 2 is 2.19 bits per heavy atom. The molecule has 0 aliphatic carbocycles. The lowest BCUT2D eigenvalue weighted by atomic mass is 10.3. The molecule has 0 saturated heterocycles. The van der Waals surface area contributed by atoms with Crippen molar-refractivity contribution in [2.45, 2.75) is 0 Å². The molecule has 0 unspecified atom stereocenters. The fraction of sp³-hybridized carbons (Fsp3) is 0.333. The van der Waals surface area contributed by atoms with E-state index >= 15 is 0 Å². The van der Waals surface area contributed by atoms with Crippen molar-refractivity contribution in [1.82, 2.24) is 0 Å². The number of aromatic hydroxyl groups is 1. The van der Waals surface area contributed by atoms with Gasteiger partial charge < -0.3 is 9.84 Å². The van der Waals surface area contributed by atoms with Crippen LogP contribution >= 0.6 is 0 Å². The smallest absolute Gasteiger partial charge is 0.235 e. The van der Waals surface area contributed by atoms with Crippen molar-refractivity contribution >= 4 is 15.7 Å². The summed E-state index contributed by atoms with van der Waals surface area (Å²) >= 11 is 0. The van der Waals surface area contributed by atoms with E-state index in [0.717, 1.165) is 12.1 Å². The highest BCUT2D eigenvalue weighted by Gasteiger charge is 2.11. The van der Waals surface area contributed by atoms with Crippen LogP contribution < -0.4 is 4.72 Å². The van der Waals surface area contributed by atoms with E-state index in [-0.39, 0.29) is 18.0 Å². The van der Waals surface area contributed by atoms with Crippen molar-refractivity contribution in [1.29, 1.82) is 0 Å². The van der Waals surface area contributed by atoms with Crippen LogP contribution in [0.3, 0.4) is 0 Å². The first-order chi connectivity index (χ1) is 7.44. The first kappa shape index (κ1) is 12.7. The molecule has 0 atom stereocenters. The van der Waals surface area contributed by atoms with Crippen LogP contribution in [-0.2, 0) is 14.8 Å². The molecular formula is C9H12FNO4S. The van der Waals surface area contributed by atoms with Gasteiger partial charge in [-0.15, -0.1) is 0 Å². The molecule has 0 aliphatic heterocycles. The molecule has 2 N–H and O–H groups in total. The molecular weight excluding hydrogens is 237 g/mol. The molecule has 0 bridgehead atoms. The molecule has 0 fully saturated rings. The van der Waals surface area contributed by atoms with E-state index < -0.39 is 21.6 Å². The fourth-order valence-corrected chi connectivity index (χ4v) is 1.97. The summed E-state index contributed by atoms with van der Waals surface area (Å²) in [6, 6.07) is 3.24. The monoisotopic (exact) mass is 249 g/mol. The zero-order chi connectivity index (χ0) is 12.2. The van der Waals surface area contributed by atoms with E-state index in [4.69, 9.17) is 5.11 Å². The molecule has 1 aromatic carbocycles. The Hall–Kier alpha value is -1.34. The van der Waals surface area contributed by atoms with E-state index in [1.165, 1.54) is 13.2 Å². The largest absolute Gasteiger partial charge is 0.505 e. The van der Waals surface area contributed by atoms with Gasteiger partial charge in [-0.05, 0) is 12.1 Å². The molecule has 0 aromatic heterocycles. The maximum Gasteiger partial charge on any atom is 0.235 e. The summed E-state index contributed by atoms with van der Waals surface area (Å²) in [6.07, 6.45) is 0. The van der Waals surface area contributed by atoms with Crippen molar-refractivity contribution in [2.75, 3.05) is 24.2 Å². The topological polar surface area (TPSA) is 75.6 Å². The summed E-state index contributed by atoms with van der Waals surface area (Å²) in [5.41, 5.74) is 0.0615. The van der Waals surface area contributed by atoms with Crippen LogP contribution in [0.4, 0.5) is 10.1 Å². The normalized spacial score (nSPS) is 11.4. The molecule has 0 radical (unpaired) electrons. The number of anilines is 1. The Kier molecular flexibility index (Phi) is 4.08. The minimum atomic E-state index is -3.55. The van der Waals surface area contributed by atoms with Crippen LogP contribution in [0, 0.1) is 5.82 Å². The van der Waals surface area contributed by atoms with Crippen LogP contribution in [-0.4, -0.2) is 33.0 Å². The van der Waals surface area contributed by atoms with Crippen molar-refractivity contribution in [3.05, 3.63) is 24.0 Å². The third-order valence-corrected chi connectivity index (χ3v) is 3.03. The van der Waals surface area contributed by atoms with Gasteiger partial charge in [-0.25, -0.2) is 12.8 Å². The molecule has 1 rings (SSSR count). The molecule has 0 spiro atoms. The first-order valence-corrected chi connectivity index (χ1v) is 6.08. The van der Waals surface area contributed by atoms with Gasteiger partial charge in [0.15, 0.2) is 11.6 Å². The molecule has 16 heavy (non-hydrogen) atoms. The minimum absolute atomic E-state index is 0.0515. The Bertz CT molecular complexity index is 461. The minimum Gasteiger partial charge on any atom is -0.505 e. The standard InChI is InChI=1S/C9H12FNO4S/c1-15-4-5-16(13,14)11-7-2-3-9(12)8(10)6-7/h2-3,6,11-12H,4-5H2,1H3. The van der Waals surface area contributed by atoms with Gasteiger partial charge in [-0.3, -0.25) is 4.72 Å². The number of sulfonamides is 1. The van der Waals surface area contributed by atoms with Crippen LogP contribution in [0.2, 0.25) is 0 Å². The number of hydrogen-bond acceptors (Lipinski definition) is 4. The average molecular weight is 249 g/mol. The molecule has 7 heteroatoms. The first-order valence-electron chi connectivity index (χ1n) is 4.42. The third kappa shape index (κ3) is 3.67. The van der Waals surface area contributed by atoms with Crippen molar-refractivity contribution in [3.63, 3.8) is 0 Å². The van der Waals surface area contributed by atoms with Crippen LogP contribution in [0.15, 0.2) is 18.2 Å². The van der Waals surface area contributed by atoms with E-state index in [0.29, 0.717) is 0 Å².